The van der Waals surface area contributed by atoms with Crippen molar-refractivity contribution in [3.63, 3.8) is 0 Å². The Hall–Kier alpha value is -2.08. The minimum atomic E-state index is 0.0105. The smallest absolute Gasteiger partial charge is 0.243 e. The fraction of sp³-hybridized carbons (Fsp3) is 0.680. The molecule has 1 aliphatic carbocycles. The molecule has 0 bridgehead atoms. The van der Waals surface area contributed by atoms with Gasteiger partial charge in [-0.05, 0) is 44.1 Å². The van der Waals surface area contributed by atoms with Crippen LogP contribution in [0, 0.1) is 18.8 Å². The van der Waals surface area contributed by atoms with Gasteiger partial charge in [-0.2, -0.15) is 0 Å². The molecule has 1 saturated carbocycles. The van der Waals surface area contributed by atoms with Crippen LogP contribution in [-0.2, 0) is 9.53 Å². The molecule has 2 N–H and O–H groups in total. The standard InChI is InChI=1S/C25H40N4O2/c1-18-11-13-20(14-12-18)24-21(9-7-15-31-24)16-26-25(27-17-23(30)29(3)4)28-22-10-6-5-8-19(22)2/h11-14,19,21-22,24H,5-10,15-17H2,1-4H3,(H2,26,27,28). The Bertz CT molecular complexity index is 732. The van der Waals surface area contributed by atoms with E-state index >= 15 is 0 Å². The van der Waals surface area contributed by atoms with Crippen molar-refractivity contribution < 1.29 is 9.53 Å². The first kappa shape index (κ1) is 23.6. The molecule has 0 aromatic heterocycles. The highest BCUT2D eigenvalue weighted by Gasteiger charge is 2.28. The van der Waals surface area contributed by atoms with Crippen LogP contribution >= 0.6 is 0 Å². The summed E-state index contributed by atoms with van der Waals surface area (Å²) in [4.78, 5) is 18.3. The predicted molar refractivity (Wildman–Crippen MR) is 126 cm³/mol. The van der Waals surface area contributed by atoms with E-state index in [-0.39, 0.29) is 18.6 Å². The average Bonchev–Trinajstić information content (AvgIpc) is 2.77. The fourth-order valence-electron chi connectivity index (χ4n) is 4.55. The van der Waals surface area contributed by atoms with E-state index in [1.165, 1.54) is 30.4 Å². The first-order valence-corrected chi connectivity index (χ1v) is 11.9. The molecule has 31 heavy (non-hydrogen) atoms. The molecule has 6 heteroatoms. The first-order chi connectivity index (χ1) is 14.9. The minimum absolute atomic E-state index is 0.0105. The highest BCUT2D eigenvalue weighted by atomic mass is 16.5. The Kier molecular flexibility index (Phi) is 8.76. The van der Waals surface area contributed by atoms with Gasteiger partial charge in [-0.1, -0.05) is 49.6 Å². The average molecular weight is 429 g/mol. The number of hydrogen-bond donors (Lipinski definition) is 2. The number of aliphatic imine (C=N–C) groups is 1. The molecule has 3 rings (SSSR count). The van der Waals surface area contributed by atoms with E-state index in [2.05, 4.69) is 53.7 Å². The molecule has 1 aliphatic heterocycles. The number of guanidine groups is 1. The number of hydrogen-bond acceptors (Lipinski definition) is 3. The summed E-state index contributed by atoms with van der Waals surface area (Å²) in [6, 6.07) is 9.09. The Balaban J connectivity index is 1.67. The van der Waals surface area contributed by atoms with Gasteiger partial charge in [0.1, 0.15) is 6.54 Å². The Morgan fingerprint density at radius 2 is 1.87 bits per heavy atom. The maximum Gasteiger partial charge on any atom is 0.243 e. The summed E-state index contributed by atoms with van der Waals surface area (Å²) in [7, 11) is 3.54. The van der Waals surface area contributed by atoms with E-state index in [0.717, 1.165) is 38.4 Å². The lowest BCUT2D eigenvalue weighted by Gasteiger charge is -2.34. The zero-order valence-corrected chi connectivity index (χ0v) is 19.7. The van der Waals surface area contributed by atoms with E-state index in [4.69, 9.17) is 4.74 Å². The summed E-state index contributed by atoms with van der Waals surface area (Å²) in [5.41, 5.74) is 2.51. The van der Waals surface area contributed by atoms with Gasteiger partial charge in [0.05, 0.1) is 6.10 Å². The van der Waals surface area contributed by atoms with Crippen LogP contribution in [0.15, 0.2) is 29.3 Å². The number of nitrogens with one attached hydrogen (secondary N) is 2. The van der Waals surface area contributed by atoms with E-state index in [1.54, 1.807) is 19.0 Å². The molecule has 4 unspecified atom stereocenters. The SMILES string of the molecule is Cc1ccc(C2OCCCC2CNC(=NCC(=O)N(C)C)NC2CCCCC2C)cc1. The zero-order valence-electron chi connectivity index (χ0n) is 19.7. The maximum absolute atomic E-state index is 12.1. The first-order valence-electron chi connectivity index (χ1n) is 11.9. The fourth-order valence-corrected chi connectivity index (χ4v) is 4.55. The molecule has 1 amide bonds. The van der Waals surface area contributed by atoms with Gasteiger partial charge in [-0.25, -0.2) is 4.99 Å². The van der Waals surface area contributed by atoms with Gasteiger partial charge in [0, 0.05) is 39.2 Å². The predicted octanol–water partition coefficient (Wildman–Crippen LogP) is 3.66. The zero-order chi connectivity index (χ0) is 22.2. The van der Waals surface area contributed by atoms with E-state index < -0.39 is 0 Å². The molecular weight excluding hydrogens is 388 g/mol. The van der Waals surface area contributed by atoms with Crippen LogP contribution in [-0.4, -0.2) is 56.6 Å². The van der Waals surface area contributed by atoms with Crippen molar-refractivity contribution in [2.45, 2.75) is 64.5 Å². The number of amides is 1. The number of ether oxygens (including phenoxy) is 1. The van der Waals surface area contributed by atoms with Crippen LogP contribution in [0.2, 0.25) is 0 Å². The number of carbonyl (C=O) groups excluding carboxylic acids is 1. The van der Waals surface area contributed by atoms with Gasteiger partial charge in [-0.3, -0.25) is 4.79 Å². The highest BCUT2D eigenvalue weighted by molar-refractivity contribution is 5.85. The van der Waals surface area contributed by atoms with Gasteiger partial charge < -0.3 is 20.3 Å². The number of rotatable bonds is 6. The normalized spacial score (nSPS) is 26.9. The van der Waals surface area contributed by atoms with Crippen LogP contribution in [0.5, 0.6) is 0 Å². The molecule has 1 saturated heterocycles. The Labute approximate surface area is 187 Å². The van der Waals surface area contributed by atoms with Gasteiger partial charge in [0.2, 0.25) is 5.91 Å². The van der Waals surface area contributed by atoms with Gasteiger partial charge in [0.25, 0.3) is 0 Å². The van der Waals surface area contributed by atoms with Crippen LogP contribution in [0.3, 0.4) is 0 Å². The number of aryl methyl sites for hydroxylation is 1. The third kappa shape index (κ3) is 6.96. The number of benzene rings is 1. The third-order valence-electron chi connectivity index (χ3n) is 6.69. The third-order valence-corrected chi connectivity index (χ3v) is 6.69. The maximum atomic E-state index is 12.1. The molecular formula is C25H40N4O2. The van der Waals surface area contributed by atoms with Crippen LogP contribution in [0.4, 0.5) is 0 Å². The monoisotopic (exact) mass is 428 g/mol. The molecule has 1 heterocycles. The second kappa shape index (κ2) is 11.5. The minimum Gasteiger partial charge on any atom is -0.373 e. The number of nitrogens with zero attached hydrogens (tertiary/aromatic N) is 2. The second-order valence-electron chi connectivity index (χ2n) is 9.45. The molecule has 172 valence electrons. The van der Waals surface area contributed by atoms with Crippen molar-refractivity contribution >= 4 is 11.9 Å². The second-order valence-corrected chi connectivity index (χ2v) is 9.45. The van der Waals surface area contributed by atoms with Crippen LogP contribution in [0.25, 0.3) is 0 Å². The van der Waals surface area contributed by atoms with Crippen molar-refractivity contribution in [3.8, 4) is 0 Å². The molecule has 2 fully saturated rings. The van der Waals surface area contributed by atoms with Crippen LogP contribution < -0.4 is 10.6 Å². The quantitative estimate of drug-likeness (QED) is 0.536. The van der Waals surface area contributed by atoms with E-state index in [9.17, 15) is 4.79 Å². The van der Waals surface area contributed by atoms with Gasteiger partial charge in [0.15, 0.2) is 5.96 Å². The van der Waals surface area contributed by atoms with Crippen LogP contribution in [0.1, 0.15) is 62.7 Å². The lowest BCUT2D eigenvalue weighted by molar-refractivity contribution is -0.127. The van der Waals surface area contributed by atoms with Gasteiger partial charge >= 0.3 is 0 Å². The topological polar surface area (TPSA) is 66.0 Å². The molecule has 0 spiro atoms. The summed E-state index contributed by atoms with van der Waals surface area (Å²) in [5.74, 6) is 1.75. The summed E-state index contributed by atoms with van der Waals surface area (Å²) in [6.07, 6.45) is 7.24. The van der Waals surface area contributed by atoms with Crippen molar-refractivity contribution in [2.75, 3.05) is 33.8 Å². The van der Waals surface area contributed by atoms with Crippen molar-refractivity contribution in [1.29, 1.82) is 0 Å². The highest BCUT2D eigenvalue weighted by Crippen LogP contribution is 2.33. The van der Waals surface area contributed by atoms with E-state index in [0.29, 0.717) is 17.9 Å². The molecule has 2 aliphatic rings. The largest absolute Gasteiger partial charge is 0.373 e. The summed E-state index contributed by atoms with van der Waals surface area (Å²) < 4.78 is 6.18. The number of carbonyl (C=O) groups is 1. The Morgan fingerprint density at radius 3 is 2.58 bits per heavy atom. The lowest BCUT2D eigenvalue weighted by Crippen LogP contribution is -2.49. The lowest BCUT2D eigenvalue weighted by atomic mass is 9.86. The number of likely N-dealkylation sites (N-methyl/N-ethyl adjacent to an activating group) is 1. The van der Waals surface area contributed by atoms with E-state index in [1.807, 2.05) is 0 Å². The summed E-state index contributed by atoms with van der Waals surface area (Å²) in [5, 5.41) is 7.18. The van der Waals surface area contributed by atoms with Crippen molar-refractivity contribution in [2.24, 2.45) is 16.8 Å². The summed E-state index contributed by atoms with van der Waals surface area (Å²) >= 11 is 0. The molecule has 1 aromatic carbocycles. The van der Waals surface area contributed by atoms with Crippen molar-refractivity contribution in [3.05, 3.63) is 35.4 Å². The van der Waals surface area contributed by atoms with Crippen molar-refractivity contribution in [1.82, 2.24) is 15.5 Å². The Morgan fingerprint density at radius 1 is 1.13 bits per heavy atom. The molecule has 0 radical (unpaired) electrons. The summed E-state index contributed by atoms with van der Waals surface area (Å²) in [6.45, 7) is 6.17. The molecule has 6 nitrogen and oxygen atoms in total. The molecule has 1 aromatic rings. The van der Waals surface area contributed by atoms with Gasteiger partial charge in [-0.15, -0.1) is 0 Å². The molecule has 4 atom stereocenters.